The largest absolute Gasteiger partial charge is 0.323 e. The van der Waals surface area contributed by atoms with Gasteiger partial charge in [-0.25, -0.2) is 0 Å². The van der Waals surface area contributed by atoms with Gasteiger partial charge in [0.05, 0.1) is 23.5 Å². The lowest BCUT2D eigenvalue weighted by Crippen LogP contribution is -2.50. The average molecular weight is 420 g/mol. The van der Waals surface area contributed by atoms with Gasteiger partial charge < -0.3 is 5.32 Å². The molecule has 0 fully saturated rings. The number of nitrogens with zero attached hydrogens (tertiary/aromatic N) is 1. The first-order valence-electron chi connectivity index (χ1n) is 10.2. The van der Waals surface area contributed by atoms with Crippen LogP contribution in [0, 0.1) is 0 Å². The van der Waals surface area contributed by atoms with E-state index in [-0.39, 0.29) is 24.4 Å². The van der Waals surface area contributed by atoms with Crippen molar-refractivity contribution in [1.29, 1.82) is 0 Å². The molecule has 1 aliphatic rings. The third-order valence-corrected chi connectivity index (χ3v) is 6.31. The highest BCUT2D eigenvalue weighted by molar-refractivity contribution is 7.10. The molecule has 0 bridgehead atoms. The monoisotopic (exact) mass is 419 g/mol. The van der Waals surface area contributed by atoms with E-state index in [4.69, 9.17) is 0 Å². The molecule has 2 heterocycles. The summed E-state index contributed by atoms with van der Waals surface area (Å²) in [4.78, 5) is 28.2. The second kappa shape index (κ2) is 8.81. The standard InChI is InChI=1S/C24H25N3O2S/c1-3-17-10-12-18(13-11-17)23(21-9-6-14-30-21)25-16(2)24(29)27-15-22(28)26-19-7-4-5-8-20(19)27/h4-14,16,23,25H,3,15H2,1-2H3,(H,26,28)/t16-,23+/m0/s1. The van der Waals surface area contributed by atoms with Crippen LogP contribution in [0.3, 0.4) is 0 Å². The van der Waals surface area contributed by atoms with Gasteiger partial charge in [-0.3, -0.25) is 19.8 Å². The molecule has 1 aromatic heterocycles. The number of carbonyl (C=O) groups excluding carboxylic acids is 2. The average Bonchev–Trinajstić information content (AvgIpc) is 3.31. The Balaban J connectivity index is 1.59. The Morgan fingerprint density at radius 2 is 1.90 bits per heavy atom. The molecule has 2 N–H and O–H groups in total. The van der Waals surface area contributed by atoms with Gasteiger partial charge in [0.1, 0.15) is 6.54 Å². The van der Waals surface area contributed by atoms with Gasteiger partial charge in [0.15, 0.2) is 0 Å². The second-order valence-electron chi connectivity index (χ2n) is 7.42. The summed E-state index contributed by atoms with van der Waals surface area (Å²) in [6.07, 6.45) is 0.989. The number of aryl methyl sites for hydroxylation is 1. The molecular formula is C24H25N3O2S. The molecule has 2 amide bonds. The maximum absolute atomic E-state index is 13.3. The van der Waals surface area contributed by atoms with Crippen LogP contribution in [0.15, 0.2) is 66.0 Å². The number of nitrogens with one attached hydrogen (secondary N) is 2. The van der Waals surface area contributed by atoms with E-state index in [9.17, 15) is 9.59 Å². The fourth-order valence-corrected chi connectivity index (χ4v) is 4.54. The lowest BCUT2D eigenvalue weighted by Gasteiger charge is -2.32. The number of para-hydroxylation sites is 2. The van der Waals surface area contributed by atoms with Gasteiger partial charge in [-0.1, -0.05) is 49.4 Å². The zero-order valence-electron chi connectivity index (χ0n) is 17.1. The van der Waals surface area contributed by atoms with Gasteiger partial charge in [-0.2, -0.15) is 0 Å². The van der Waals surface area contributed by atoms with Crippen LogP contribution in [-0.2, 0) is 16.0 Å². The smallest absolute Gasteiger partial charge is 0.244 e. The van der Waals surface area contributed by atoms with Crippen LogP contribution in [0.2, 0.25) is 0 Å². The van der Waals surface area contributed by atoms with Gasteiger partial charge in [-0.05, 0) is 48.1 Å². The van der Waals surface area contributed by atoms with Crippen molar-refractivity contribution in [2.75, 3.05) is 16.8 Å². The van der Waals surface area contributed by atoms with E-state index in [1.165, 1.54) is 5.56 Å². The molecule has 2 aromatic carbocycles. The van der Waals surface area contributed by atoms with Crippen molar-refractivity contribution in [3.63, 3.8) is 0 Å². The maximum atomic E-state index is 13.3. The first-order chi connectivity index (χ1) is 14.6. The summed E-state index contributed by atoms with van der Waals surface area (Å²) in [5, 5.41) is 8.38. The molecule has 1 aliphatic heterocycles. The number of amides is 2. The molecule has 0 spiro atoms. The molecule has 30 heavy (non-hydrogen) atoms. The summed E-state index contributed by atoms with van der Waals surface area (Å²) in [5.41, 5.74) is 3.80. The normalized spacial score (nSPS) is 15.3. The molecule has 0 saturated carbocycles. The van der Waals surface area contributed by atoms with E-state index in [1.54, 1.807) is 16.2 Å². The van der Waals surface area contributed by atoms with Crippen molar-refractivity contribution in [2.45, 2.75) is 32.4 Å². The van der Waals surface area contributed by atoms with Crippen LogP contribution < -0.4 is 15.5 Å². The summed E-state index contributed by atoms with van der Waals surface area (Å²) < 4.78 is 0. The molecule has 0 aliphatic carbocycles. The Morgan fingerprint density at radius 1 is 1.13 bits per heavy atom. The highest BCUT2D eigenvalue weighted by Crippen LogP contribution is 2.31. The predicted molar refractivity (Wildman–Crippen MR) is 122 cm³/mol. The molecule has 4 rings (SSSR count). The predicted octanol–water partition coefficient (Wildman–Crippen LogP) is 4.36. The number of benzene rings is 2. The molecule has 0 saturated heterocycles. The molecule has 2 atom stereocenters. The number of hydrogen-bond acceptors (Lipinski definition) is 4. The van der Waals surface area contributed by atoms with Gasteiger partial charge >= 0.3 is 0 Å². The van der Waals surface area contributed by atoms with Crippen LogP contribution in [0.4, 0.5) is 11.4 Å². The third kappa shape index (κ3) is 4.15. The Bertz CT molecular complexity index is 1030. The Morgan fingerprint density at radius 3 is 2.60 bits per heavy atom. The SMILES string of the molecule is CCc1ccc([C@@H](N[C@@H](C)C(=O)N2CC(=O)Nc3ccccc32)c2cccs2)cc1. The third-order valence-electron chi connectivity index (χ3n) is 5.37. The first kappa shape index (κ1) is 20.3. The summed E-state index contributed by atoms with van der Waals surface area (Å²) in [7, 11) is 0. The highest BCUT2D eigenvalue weighted by atomic mass is 32.1. The van der Waals surface area contributed by atoms with Crippen LogP contribution in [0.1, 0.15) is 35.9 Å². The van der Waals surface area contributed by atoms with Gasteiger partial charge in [0.25, 0.3) is 0 Å². The Hall–Kier alpha value is -2.96. The maximum Gasteiger partial charge on any atom is 0.244 e. The molecular weight excluding hydrogens is 394 g/mol. The van der Waals surface area contributed by atoms with Gasteiger partial charge in [0, 0.05) is 4.88 Å². The number of carbonyl (C=O) groups is 2. The number of hydrogen-bond donors (Lipinski definition) is 2. The van der Waals surface area contributed by atoms with Crippen LogP contribution in [0.25, 0.3) is 0 Å². The lowest BCUT2D eigenvalue weighted by atomic mass is 10.0. The summed E-state index contributed by atoms with van der Waals surface area (Å²) in [6.45, 7) is 4.02. The van der Waals surface area contributed by atoms with Crippen molar-refractivity contribution in [2.24, 2.45) is 0 Å². The van der Waals surface area contributed by atoms with Crippen molar-refractivity contribution < 1.29 is 9.59 Å². The summed E-state index contributed by atoms with van der Waals surface area (Å²) in [6, 6.07) is 19.4. The van der Waals surface area contributed by atoms with Crippen molar-refractivity contribution >= 4 is 34.5 Å². The molecule has 3 aromatic rings. The number of rotatable bonds is 6. The zero-order chi connectivity index (χ0) is 21.1. The van der Waals surface area contributed by atoms with E-state index >= 15 is 0 Å². The highest BCUT2D eigenvalue weighted by Gasteiger charge is 2.31. The van der Waals surface area contributed by atoms with E-state index in [1.807, 2.05) is 42.6 Å². The fraction of sp³-hybridized carbons (Fsp3) is 0.250. The Kier molecular flexibility index (Phi) is 5.97. The van der Waals surface area contributed by atoms with E-state index in [0.717, 1.165) is 22.5 Å². The number of fused-ring (bicyclic) bond motifs is 1. The van der Waals surface area contributed by atoms with Crippen molar-refractivity contribution in [1.82, 2.24) is 5.32 Å². The summed E-state index contributed by atoms with van der Waals surface area (Å²) >= 11 is 1.66. The van der Waals surface area contributed by atoms with E-state index in [2.05, 4.69) is 47.9 Å². The molecule has 5 nitrogen and oxygen atoms in total. The number of anilines is 2. The van der Waals surface area contributed by atoms with Crippen molar-refractivity contribution in [3.05, 3.63) is 82.0 Å². The Labute approximate surface area is 180 Å². The van der Waals surface area contributed by atoms with Gasteiger partial charge in [-0.15, -0.1) is 11.3 Å². The zero-order valence-corrected chi connectivity index (χ0v) is 17.9. The van der Waals surface area contributed by atoms with Crippen molar-refractivity contribution in [3.8, 4) is 0 Å². The van der Waals surface area contributed by atoms with E-state index in [0.29, 0.717) is 5.69 Å². The molecule has 0 radical (unpaired) electrons. The fourth-order valence-electron chi connectivity index (χ4n) is 3.73. The van der Waals surface area contributed by atoms with Crippen LogP contribution >= 0.6 is 11.3 Å². The summed E-state index contributed by atoms with van der Waals surface area (Å²) in [5.74, 6) is -0.303. The lowest BCUT2D eigenvalue weighted by molar-refractivity contribution is -0.123. The molecule has 0 unspecified atom stereocenters. The van der Waals surface area contributed by atoms with Gasteiger partial charge in [0.2, 0.25) is 11.8 Å². The molecule has 6 heteroatoms. The minimum absolute atomic E-state index is 0.0245. The number of thiophene rings is 1. The van der Waals surface area contributed by atoms with E-state index < -0.39 is 6.04 Å². The first-order valence-corrected chi connectivity index (χ1v) is 11.0. The molecule has 154 valence electrons. The second-order valence-corrected chi connectivity index (χ2v) is 8.40. The van der Waals surface area contributed by atoms with Crippen LogP contribution in [0.5, 0.6) is 0 Å². The minimum Gasteiger partial charge on any atom is -0.323 e. The van der Waals surface area contributed by atoms with Crippen LogP contribution in [-0.4, -0.2) is 24.4 Å². The minimum atomic E-state index is -0.470. The quantitative estimate of drug-likeness (QED) is 0.624. The topological polar surface area (TPSA) is 61.4 Å².